The van der Waals surface area contributed by atoms with Crippen molar-refractivity contribution in [2.24, 2.45) is 11.7 Å². The van der Waals surface area contributed by atoms with Gasteiger partial charge in [0, 0.05) is 19.3 Å². The van der Waals surface area contributed by atoms with Gasteiger partial charge in [-0.2, -0.15) is 0 Å². The van der Waals surface area contributed by atoms with Crippen LogP contribution in [0.1, 0.15) is 38.3 Å². The van der Waals surface area contributed by atoms with Gasteiger partial charge in [-0.1, -0.05) is 44.2 Å². The summed E-state index contributed by atoms with van der Waals surface area (Å²) in [6.07, 6.45) is 2.02. The number of hydrogen-bond donors (Lipinski definition) is 1. The largest absolute Gasteiger partial charge is 0.381 e. The van der Waals surface area contributed by atoms with Gasteiger partial charge < -0.3 is 10.5 Å². The fourth-order valence-corrected chi connectivity index (χ4v) is 1.50. The summed E-state index contributed by atoms with van der Waals surface area (Å²) >= 11 is 0. The molecule has 2 heteroatoms. The van der Waals surface area contributed by atoms with Crippen molar-refractivity contribution in [1.29, 1.82) is 0 Å². The van der Waals surface area contributed by atoms with Crippen molar-refractivity contribution in [2.75, 3.05) is 13.2 Å². The number of benzene rings is 1. The molecule has 0 heterocycles. The number of ether oxygens (including phenoxy) is 1. The lowest BCUT2D eigenvalue weighted by atomic mass is 10.1. The predicted molar refractivity (Wildman–Crippen MR) is 68.3 cm³/mol. The van der Waals surface area contributed by atoms with Crippen LogP contribution in [-0.4, -0.2) is 13.2 Å². The minimum absolute atomic E-state index is 0.0975. The highest BCUT2D eigenvalue weighted by Crippen LogP contribution is 2.13. The Morgan fingerprint density at radius 3 is 2.31 bits per heavy atom. The van der Waals surface area contributed by atoms with Crippen LogP contribution >= 0.6 is 0 Å². The summed E-state index contributed by atoms with van der Waals surface area (Å²) in [6.45, 7) is 6.01. The van der Waals surface area contributed by atoms with Gasteiger partial charge in [0.2, 0.25) is 0 Å². The molecule has 0 fully saturated rings. The molecule has 0 bridgehead atoms. The number of hydrogen-bond acceptors (Lipinski definition) is 2. The minimum atomic E-state index is 0.0975. The summed E-state index contributed by atoms with van der Waals surface area (Å²) in [6, 6.07) is 10.3. The van der Waals surface area contributed by atoms with Crippen LogP contribution in [0.5, 0.6) is 0 Å². The Labute approximate surface area is 98.8 Å². The van der Waals surface area contributed by atoms with E-state index in [4.69, 9.17) is 10.5 Å². The molecule has 0 aliphatic rings. The van der Waals surface area contributed by atoms with Gasteiger partial charge in [-0.25, -0.2) is 0 Å². The van der Waals surface area contributed by atoms with Crippen molar-refractivity contribution in [3.05, 3.63) is 35.9 Å². The molecule has 0 saturated heterocycles. The molecule has 0 aromatic heterocycles. The van der Waals surface area contributed by atoms with Crippen LogP contribution in [0.15, 0.2) is 30.3 Å². The molecule has 0 spiro atoms. The first-order valence-corrected chi connectivity index (χ1v) is 6.08. The smallest absolute Gasteiger partial charge is 0.0484 e. The molecule has 2 N–H and O–H groups in total. The zero-order chi connectivity index (χ0) is 11.8. The molecule has 0 radical (unpaired) electrons. The molecule has 0 aliphatic carbocycles. The summed E-state index contributed by atoms with van der Waals surface area (Å²) in [4.78, 5) is 0. The lowest BCUT2D eigenvalue weighted by molar-refractivity contribution is 0.117. The zero-order valence-electron chi connectivity index (χ0n) is 10.4. The first kappa shape index (κ1) is 13.2. The summed E-state index contributed by atoms with van der Waals surface area (Å²) in [5.41, 5.74) is 7.25. The summed E-state index contributed by atoms with van der Waals surface area (Å²) in [5, 5.41) is 0. The van der Waals surface area contributed by atoms with Gasteiger partial charge in [0.1, 0.15) is 0 Å². The Hall–Kier alpha value is -0.860. The van der Waals surface area contributed by atoms with Crippen LogP contribution in [0.25, 0.3) is 0 Å². The van der Waals surface area contributed by atoms with E-state index >= 15 is 0 Å². The van der Waals surface area contributed by atoms with E-state index in [1.54, 1.807) is 0 Å². The standard InChI is InChI=1S/C14H23NO/c1-12(2)8-10-16-11-9-14(15)13-6-4-3-5-7-13/h3-7,12,14H,8-11,15H2,1-2H3. The highest BCUT2D eigenvalue weighted by Gasteiger charge is 2.04. The second kappa shape index (κ2) is 7.42. The van der Waals surface area contributed by atoms with E-state index in [0.29, 0.717) is 5.92 Å². The fraction of sp³-hybridized carbons (Fsp3) is 0.571. The van der Waals surface area contributed by atoms with Crippen molar-refractivity contribution in [2.45, 2.75) is 32.7 Å². The Morgan fingerprint density at radius 2 is 1.69 bits per heavy atom. The van der Waals surface area contributed by atoms with Crippen molar-refractivity contribution in [1.82, 2.24) is 0 Å². The molecule has 1 atom stereocenters. The Kier molecular flexibility index (Phi) is 6.12. The summed E-state index contributed by atoms with van der Waals surface area (Å²) in [7, 11) is 0. The molecule has 2 nitrogen and oxygen atoms in total. The number of rotatable bonds is 7. The SMILES string of the molecule is CC(C)CCOCCC(N)c1ccccc1. The Morgan fingerprint density at radius 1 is 1.06 bits per heavy atom. The minimum Gasteiger partial charge on any atom is -0.381 e. The third-order valence-electron chi connectivity index (χ3n) is 2.64. The first-order chi connectivity index (χ1) is 7.70. The van der Waals surface area contributed by atoms with E-state index < -0.39 is 0 Å². The van der Waals surface area contributed by atoms with Crippen molar-refractivity contribution < 1.29 is 4.74 Å². The molecular weight excluding hydrogens is 198 g/mol. The second-order valence-electron chi connectivity index (χ2n) is 4.60. The van der Waals surface area contributed by atoms with Crippen LogP contribution in [0.4, 0.5) is 0 Å². The van der Waals surface area contributed by atoms with Crippen LogP contribution in [0, 0.1) is 5.92 Å². The predicted octanol–water partition coefficient (Wildman–Crippen LogP) is 3.14. The molecule has 1 aromatic rings. The molecule has 0 aliphatic heterocycles. The van der Waals surface area contributed by atoms with E-state index in [1.165, 1.54) is 5.56 Å². The van der Waals surface area contributed by atoms with Gasteiger partial charge >= 0.3 is 0 Å². The molecule has 0 amide bonds. The molecule has 1 aromatic carbocycles. The Balaban J connectivity index is 2.14. The highest BCUT2D eigenvalue weighted by atomic mass is 16.5. The third kappa shape index (κ3) is 5.29. The molecule has 90 valence electrons. The van der Waals surface area contributed by atoms with E-state index in [0.717, 1.165) is 26.1 Å². The maximum atomic E-state index is 6.06. The van der Waals surface area contributed by atoms with Gasteiger partial charge in [-0.05, 0) is 24.3 Å². The molecular formula is C14H23NO. The maximum absolute atomic E-state index is 6.06. The van der Waals surface area contributed by atoms with Gasteiger partial charge in [0.05, 0.1) is 0 Å². The van der Waals surface area contributed by atoms with Gasteiger partial charge in [0.25, 0.3) is 0 Å². The van der Waals surface area contributed by atoms with Crippen LogP contribution in [0.3, 0.4) is 0 Å². The maximum Gasteiger partial charge on any atom is 0.0484 e. The summed E-state index contributed by atoms with van der Waals surface area (Å²) in [5.74, 6) is 0.711. The third-order valence-corrected chi connectivity index (χ3v) is 2.64. The Bertz CT molecular complexity index is 271. The van der Waals surface area contributed by atoms with Crippen molar-refractivity contribution in [3.63, 3.8) is 0 Å². The molecule has 1 rings (SSSR count). The topological polar surface area (TPSA) is 35.2 Å². The summed E-state index contributed by atoms with van der Waals surface area (Å²) < 4.78 is 5.56. The zero-order valence-corrected chi connectivity index (χ0v) is 10.4. The van der Waals surface area contributed by atoms with E-state index in [-0.39, 0.29) is 6.04 Å². The van der Waals surface area contributed by atoms with E-state index in [9.17, 15) is 0 Å². The van der Waals surface area contributed by atoms with Crippen molar-refractivity contribution in [3.8, 4) is 0 Å². The van der Waals surface area contributed by atoms with Crippen LogP contribution < -0.4 is 5.73 Å². The van der Waals surface area contributed by atoms with E-state index in [2.05, 4.69) is 26.0 Å². The van der Waals surface area contributed by atoms with Crippen LogP contribution in [0.2, 0.25) is 0 Å². The fourth-order valence-electron chi connectivity index (χ4n) is 1.50. The average molecular weight is 221 g/mol. The average Bonchev–Trinajstić information content (AvgIpc) is 2.29. The first-order valence-electron chi connectivity index (χ1n) is 6.08. The highest BCUT2D eigenvalue weighted by molar-refractivity contribution is 5.18. The van der Waals surface area contributed by atoms with Crippen molar-refractivity contribution >= 4 is 0 Å². The quantitative estimate of drug-likeness (QED) is 0.718. The molecule has 1 unspecified atom stereocenters. The van der Waals surface area contributed by atoms with Gasteiger partial charge in [-0.3, -0.25) is 0 Å². The van der Waals surface area contributed by atoms with Crippen LogP contribution in [-0.2, 0) is 4.74 Å². The van der Waals surface area contributed by atoms with Gasteiger partial charge in [-0.15, -0.1) is 0 Å². The van der Waals surface area contributed by atoms with E-state index in [1.807, 2.05) is 18.2 Å². The second-order valence-corrected chi connectivity index (χ2v) is 4.60. The monoisotopic (exact) mass is 221 g/mol. The normalized spacial score (nSPS) is 13.0. The number of nitrogens with two attached hydrogens (primary N) is 1. The lowest BCUT2D eigenvalue weighted by Crippen LogP contribution is -2.13. The lowest BCUT2D eigenvalue weighted by Gasteiger charge is -2.12. The van der Waals surface area contributed by atoms with Gasteiger partial charge in [0.15, 0.2) is 0 Å². The molecule has 0 saturated carbocycles. The molecule has 16 heavy (non-hydrogen) atoms.